The first kappa shape index (κ1) is 17.5. The fraction of sp³-hybridized carbons (Fsp3) is 0.286. The van der Waals surface area contributed by atoms with Crippen LogP contribution in [0.1, 0.15) is 28.0 Å². The Kier molecular flexibility index (Phi) is 6.17. The van der Waals surface area contributed by atoms with Crippen molar-refractivity contribution in [1.29, 1.82) is 0 Å². The van der Waals surface area contributed by atoms with E-state index < -0.39 is 4.92 Å². The molecule has 0 saturated heterocycles. The molecule has 0 saturated carbocycles. The number of ketones is 1. The van der Waals surface area contributed by atoms with E-state index in [4.69, 9.17) is 0 Å². The third kappa shape index (κ3) is 3.95. The van der Waals surface area contributed by atoms with Crippen LogP contribution in [0.15, 0.2) is 29.6 Å². The summed E-state index contributed by atoms with van der Waals surface area (Å²) in [6.07, 6.45) is 0.862. The zero-order valence-electron chi connectivity index (χ0n) is 11.7. The zero-order valence-corrected chi connectivity index (χ0v) is 14.1. The molecule has 0 unspecified atom stereocenters. The summed E-state index contributed by atoms with van der Waals surface area (Å²) < 4.78 is 1.96. The number of hydrogen-bond acceptors (Lipinski definition) is 4. The van der Waals surface area contributed by atoms with Crippen molar-refractivity contribution >= 4 is 22.8 Å². The molecule has 0 amide bonds. The van der Waals surface area contributed by atoms with Crippen molar-refractivity contribution in [2.45, 2.75) is 26.8 Å². The molecule has 0 radical (unpaired) electrons. The lowest BCUT2D eigenvalue weighted by Gasteiger charge is -2.00. The highest BCUT2D eigenvalue weighted by Crippen LogP contribution is 2.14. The van der Waals surface area contributed by atoms with Gasteiger partial charge in [0.2, 0.25) is 17.3 Å². The number of nitro groups is 1. The van der Waals surface area contributed by atoms with E-state index in [1.165, 1.54) is 18.2 Å². The minimum Gasteiger partial charge on any atom is -1.00 e. The number of rotatable bonds is 5. The molecule has 1 heterocycles. The number of Topliss-reactive ketones (excluding diaryl/α,β-unsaturated/α-hetero) is 1. The molecule has 2 rings (SSSR count). The van der Waals surface area contributed by atoms with Gasteiger partial charge in [0, 0.05) is 31.0 Å². The fourth-order valence-corrected chi connectivity index (χ4v) is 2.93. The summed E-state index contributed by atoms with van der Waals surface area (Å²) in [5.74, 6) is -0.116. The maximum Gasteiger partial charge on any atom is 0.270 e. The molecular formula is C14H15BrN2O3S. The number of carbonyl (C=O) groups is 1. The zero-order chi connectivity index (χ0) is 14.7. The van der Waals surface area contributed by atoms with Crippen molar-refractivity contribution in [3.8, 4) is 0 Å². The standard InChI is InChI=1S/C14H15N2O3S.BrH/c1-3-14-15(10(2)9-20-14)8-13(17)11-5-4-6-12(7-11)16(18)19;/h4-7,9H,3,8H2,1-2H3;1H/q+1;/p-1. The average molecular weight is 371 g/mol. The lowest BCUT2D eigenvalue weighted by Crippen LogP contribution is -3.00. The first-order valence-corrected chi connectivity index (χ1v) is 7.15. The molecule has 0 aliphatic heterocycles. The van der Waals surface area contributed by atoms with Gasteiger partial charge in [-0.05, 0) is 0 Å². The number of benzene rings is 1. The largest absolute Gasteiger partial charge is 1.00 e. The van der Waals surface area contributed by atoms with Crippen LogP contribution in [-0.2, 0) is 13.0 Å². The van der Waals surface area contributed by atoms with Gasteiger partial charge >= 0.3 is 0 Å². The Bertz CT molecular complexity index is 670. The van der Waals surface area contributed by atoms with E-state index in [0.717, 1.165) is 17.1 Å². The van der Waals surface area contributed by atoms with Crippen LogP contribution >= 0.6 is 11.3 Å². The Balaban J connectivity index is 0.00000220. The molecular weight excluding hydrogens is 356 g/mol. The Morgan fingerprint density at radius 1 is 1.43 bits per heavy atom. The number of non-ortho nitro benzene ring substituents is 1. The summed E-state index contributed by atoms with van der Waals surface area (Å²) in [6.45, 7) is 4.22. The Morgan fingerprint density at radius 3 is 2.76 bits per heavy atom. The highest BCUT2D eigenvalue weighted by Gasteiger charge is 2.21. The summed E-state index contributed by atoms with van der Waals surface area (Å²) in [5.41, 5.74) is 1.35. The molecule has 5 nitrogen and oxygen atoms in total. The lowest BCUT2D eigenvalue weighted by molar-refractivity contribution is -0.691. The van der Waals surface area contributed by atoms with Crippen molar-refractivity contribution in [2.24, 2.45) is 0 Å². The molecule has 0 spiro atoms. The molecule has 1 aromatic carbocycles. The third-order valence-electron chi connectivity index (χ3n) is 3.08. The fourth-order valence-electron chi connectivity index (χ4n) is 1.99. The van der Waals surface area contributed by atoms with Gasteiger partial charge in [-0.1, -0.05) is 30.4 Å². The van der Waals surface area contributed by atoms with E-state index in [1.807, 2.05) is 23.8 Å². The average Bonchev–Trinajstić information content (AvgIpc) is 2.79. The van der Waals surface area contributed by atoms with E-state index in [9.17, 15) is 14.9 Å². The minimum absolute atomic E-state index is 0. The van der Waals surface area contributed by atoms with Gasteiger partial charge in [-0.25, -0.2) is 0 Å². The Morgan fingerprint density at radius 2 is 2.14 bits per heavy atom. The molecule has 112 valence electrons. The van der Waals surface area contributed by atoms with Gasteiger partial charge < -0.3 is 17.0 Å². The smallest absolute Gasteiger partial charge is 0.270 e. The second-order valence-electron chi connectivity index (χ2n) is 4.44. The number of hydrogen-bond donors (Lipinski definition) is 0. The monoisotopic (exact) mass is 370 g/mol. The maximum atomic E-state index is 12.3. The number of nitrogens with zero attached hydrogens (tertiary/aromatic N) is 2. The van der Waals surface area contributed by atoms with Crippen molar-refractivity contribution in [3.63, 3.8) is 0 Å². The first-order valence-electron chi connectivity index (χ1n) is 6.27. The summed E-state index contributed by atoms with van der Waals surface area (Å²) in [6, 6.07) is 5.87. The molecule has 21 heavy (non-hydrogen) atoms. The number of nitro benzene ring substituents is 1. The molecule has 0 aliphatic rings. The van der Waals surface area contributed by atoms with Crippen LogP contribution < -0.4 is 21.5 Å². The SMILES string of the molecule is CCc1scc(C)[n+]1CC(=O)c1cccc([N+](=O)[O-])c1.[Br-]. The van der Waals surface area contributed by atoms with Gasteiger partial charge in [0.15, 0.2) is 5.69 Å². The van der Waals surface area contributed by atoms with Gasteiger partial charge in [-0.2, -0.15) is 4.57 Å². The Hall–Kier alpha value is -1.60. The van der Waals surface area contributed by atoms with Crippen LogP contribution in [0.5, 0.6) is 0 Å². The van der Waals surface area contributed by atoms with Gasteiger partial charge in [-0.15, -0.1) is 0 Å². The normalized spacial score (nSPS) is 10.0. The molecule has 2 aromatic rings. The topological polar surface area (TPSA) is 64.1 Å². The predicted molar refractivity (Wildman–Crippen MR) is 76.1 cm³/mol. The molecule has 0 aliphatic carbocycles. The van der Waals surface area contributed by atoms with Crippen LogP contribution in [0, 0.1) is 17.0 Å². The van der Waals surface area contributed by atoms with E-state index in [1.54, 1.807) is 17.4 Å². The second kappa shape index (κ2) is 7.42. The van der Waals surface area contributed by atoms with Gasteiger partial charge in [-0.3, -0.25) is 14.9 Å². The molecule has 1 aromatic heterocycles. The maximum absolute atomic E-state index is 12.3. The van der Waals surface area contributed by atoms with Gasteiger partial charge in [0.1, 0.15) is 0 Å². The minimum atomic E-state index is -0.489. The number of halogens is 1. The van der Waals surface area contributed by atoms with Crippen LogP contribution in [-0.4, -0.2) is 10.7 Å². The van der Waals surface area contributed by atoms with E-state index in [0.29, 0.717) is 5.56 Å². The third-order valence-corrected chi connectivity index (χ3v) is 4.32. The molecule has 0 fully saturated rings. The number of aromatic nitrogens is 1. The first-order chi connectivity index (χ1) is 9.52. The van der Waals surface area contributed by atoms with E-state index in [2.05, 4.69) is 0 Å². The highest BCUT2D eigenvalue weighted by molar-refractivity contribution is 7.09. The van der Waals surface area contributed by atoms with Crippen LogP contribution in [0.25, 0.3) is 0 Å². The van der Waals surface area contributed by atoms with Crippen LogP contribution in [0.3, 0.4) is 0 Å². The second-order valence-corrected chi connectivity index (χ2v) is 5.38. The van der Waals surface area contributed by atoms with Crippen molar-refractivity contribution < 1.29 is 31.3 Å². The van der Waals surface area contributed by atoms with Crippen molar-refractivity contribution in [1.82, 2.24) is 0 Å². The number of aryl methyl sites for hydroxylation is 2. The number of thiazole rings is 1. The molecule has 0 bridgehead atoms. The van der Waals surface area contributed by atoms with Gasteiger partial charge in [0.25, 0.3) is 5.69 Å². The van der Waals surface area contributed by atoms with Gasteiger partial charge in [0.05, 0.1) is 10.3 Å². The Labute approximate surface area is 137 Å². The molecule has 0 atom stereocenters. The van der Waals surface area contributed by atoms with Crippen molar-refractivity contribution in [2.75, 3.05) is 0 Å². The summed E-state index contributed by atoms with van der Waals surface area (Å²) in [7, 11) is 0. The quantitative estimate of drug-likeness (QED) is 0.314. The summed E-state index contributed by atoms with van der Waals surface area (Å²) in [4.78, 5) is 22.5. The lowest BCUT2D eigenvalue weighted by atomic mass is 10.1. The molecule has 7 heteroatoms. The van der Waals surface area contributed by atoms with Crippen molar-refractivity contribution in [3.05, 3.63) is 56.0 Å². The van der Waals surface area contributed by atoms with E-state index >= 15 is 0 Å². The summed E-state index contributed by atoms with van der Waals surface area (Å²) in [5, 5.41) is 13.9. The number of carbonyl (C=O) groups excluding carboxylic acids is 1. The van der Waals surface area contributed by atoms with Crippen LogP contribution in [0.2, 0.25) is 0 Å². The predicted octanol–water partition coefficient (Wildman–Crippen LogP) is -0.298. The molecule has 0 N–H and O–H groups in total. The van der Waals surface area contributed by atoms with E-state index in [-0.39, 0.29) is 35.0 Å². The summed E-state index contributed by atoms with van der Waals surface area (Å²) >= 11 is 1.62. The van der Waals surface area contributed by atoms with Crippen LogP contribution in [0.4, 0.5) is 5.69 Å². The highest BCUT2D eigenvalue weighted by atomic mass is 79.9.